The normalized spacial score (nSPS) is 21.2. The predicted octanol–water partition coefficient (Wildman–Crippen LogP) is 2.09. The first-order valence-electron chi connectivity index (χ1n) is 5.31. The molecule has 94 valence electrons. The van der Waals surface area contributed by atoms with E-state index >= 15 is 0 Å². The van der Waals surface area contributed by atoms with Crippen molar-refractivity contribution in [1.82, 2.24) is 10.2 Å². The van der Waals surface area contributed by atoms with E-state index in [0.717, 1.165) is 25.5 Å². The van der Waals surface area contributed by atoms with Gasteiger partial charge < -0.3 is 10.1 Å². The minimum absolute atomic E-state index is 0.0924. The van der Waals surface area contributed by atoms with Crippen molar-refractivity contribution in [2.75, 3.05) is 18.5 Å². The molecule has 1 aromatic heterocycles. The molecule has 1 saturated heterocycles. The number of halogens is 3. The molecule has 2 heterocycles. The van der Waals surface area contributed by atoms with Crippen LogP contribution in [0.3, 0.4) is 0 Å². The van der Waals surface area contributed by atoms with E-state index in [1.807, 2.05) is 0 Å². The van der Waals surface area contributed by atoms with Gasteiger partial charge in [0.05, 0.1) is 12.6 Å². The van der Waals surface area contributed by atoms with Gasteiger partial charge in [-0.2, -0.15) is 13.2 Å². The molecular weight excluding hydrogens is 235 g/mol. The SMILES string of the molecule is FC(F)(F)c1ccc(NC2CCCOC2)nn1. The number of anilines is 1. The molecule has 0 spiro atoms. The number of rotatable bonds is 2. The maximum absolute atomic E-state index is 12.2. The summed E-state index contributed by atoms with van der Waals surface area (Å²) in [6.07, 6.45) is -2.59. The van der Waals surface area contributed by atoms with Crippen molar-refractivity contribution in [2.24, 2.45) is 0 Å². The first-order valence-corrected chi connectivity index (χ1v) is 5.31. The fourth-order valence-electron chi connectivity index (χ4n) is 1.62. The van der Waals surface area contributed by atoms with E-state index in [2.05, 4.69) is 15.5 Å². The highest BCUT2D eigenvalue weighted by molar-refractivity contribution is 5.34. The van der Waals surface area contributed by atoms with Crippen LogP contribution in [0.1, 0.15) is 18.5 Å². The number of alkyl halides is 3. The largest absolute Gasteiger partial charge is 0.435 e. The predicted molar refractivity (Wildman–Crippen MR) is 54.5 cm³/mol. The van der Waals surface area contributed by atoms with Crippen molar-refractivity contribution >= 4 is 5.82 Å². The van der Waals surface area contributed by atoms with Crippen LogP contribution in [0.5, 0.6) is 0 Å². The average Bonchev–Trinajstić information content (AvgIpc) is 2.30. The van der Waals surface area contributed by atoms with Crippen LogP contribution in [0.2, 0.25) is 0 Å². The number of hydrogen-bond acceptors (Lipinski definition) is 4. The second kappa shape index (κ2) is 4.87. The molecule has 1 aliphatic heterocycles. The summed E-state index contributed by atoms with van der Waals surface area (Å²) in [7, 11) is 0. The molecule has 1 fully saturated rings. The topological polar surface area (TPSA) is 47.0 Å². The van der Waals surface area contributed by atoms with E-state index in [4.69, 9.17) is 4.74 Å². The lowest BCUT2D eigenvalue weighted by molar-refractivity contribution is -0.141. The lowest BCUT2D eigenvalue weighted by Crippen LogP contribution is -2.30. The van der Waals surface area contributed by atoms with E-state index in [-0.39, 0.29) is 6.04 Å². The minimum Gasteiger partial charge on any atom is -0.379 e. The lowest BCUT2D eigenvalue weighted by Gasteiger charge is -2.23. The smallest absolute Gasteiger partial charge is 0.379 e. The van der Waals surface area contributed by atoms with E-state index in [0.29, 0.717) is 12.4 Å². The highest BCUT2D eigenvalue weighted by Gasteiger charge is 2.32. The molecule has 1 N–H and O–H groups in total. The van der Waals surface area contributed by atoms with Crippen LogP contribution in [0.25, 0.3) is 0 Å². The third kappa shape index (κ3) is 3.29. The second-order valence-corrected chi connectivity index (χ2v) is 3.86. The van der Waals surface area contributed by atoms with E-state index < -0.39 is 11.9 Å². The summed E-state index contributed by atoms with van der Waals surface area (Å²) < 4.78 is 41.9. The van der Waals surface area contributed by atoms with Gasteiger partial charge in [0.15, 0.2) is 5.69 Å². The standard InChI is InChI=1S/C10H12F3N3O/c11-10(12,13)8-3-4-9(16-15-8)14-7-2-1-5-17-6-7/h3-4,7H,1-2,5-6H2,(H,14,16). The lowest BCUT2D eigenvalue weighted by atomic mass is 10.1. The minimum atomic E-state index is -4.44. The molecule has 0 aromatic carbocycles. The molecule has 1 atom stereocenters. The van der Waals surface area contributed by atoms with Gasteiger partial charge in [0.25, 0.3) is 0 Å². The van der Waals surface area contributed by atoms with Crippen LogP contribution in [-0.4, -0.2) is 29.5 Å². The highest BCUT2D eigenvalue weighted by Crippen LogP contribution is 2.27. The van der Waals surface area contributed by atoms with Crippen molar-refractivity contribution in [3.8, 4) is 0 Å². The van der Waals surface area contributed by atoms with E-state index in [1.165, 1.54) is 6.07 Å². The van der Waals surface area contributed by atoms with Gasteiger partial charge in [-0.15, -0.1) is 10.2 Å². The van der Waals surface area contributed by atoms with Crippen LogP contribution in [0.4, 0.5) is 19.0 Å². The Hall–Kier alpha value is -1.37. The molecule has 17 heavy (non-hydrogen) atoms. The molecule has 2 rings (SSSR count). The van der Waals surface area contributed by atoms with Gasteiger partial charge in [0.2, 0.25) is 0 Å². The molecule has 0 saturated carbocycles. The van der Waals surface area contributed by atoms with Gasteiger partial charge in [0.1, 0.15) is 5.82 Å². The van der Waals surface area contributed by atoms with Crippen LogP contribution in [0.15, 0.2) is 12.1 Å². The Labute approximate surface area is 96.2 Å². The zero-order valence-corrected chi connectivity index (χ0v) is 9.00. The summed E-state index contributed by atoms with van der Waals surface area (Å²) in [5.41, 5.74) is -0.983. The van der Waals surface area contributed by atoms with Gasteiger partial charge in [-0.25, -0.2) is 0 Å². The molecule has 7 heteroatoms. The molecule has 0 amide bonds. The second-order valence-electron chi connectivity index (χ2n) is 3.86. The highest BCUT2D eigenvalue weighted by atomic mass is 19.4. The first-order chi connectivity index (χ1) is 8.05. The van der Waals surface area contributed by atoms with Gasteiger partial charge in [-0.1, -0.05) is 0 Å². The maximum atomic E-state index is 12.2. The monoisotopic (exact) mass is 247 g/mol. The quantitative estimate of drug-likeness (QED) is 0.869. The van der Waals surface area contributed by atoms with Crippen molar-refractivity contribution in [3.05, 3.63) is 17.8 Å². The third-order valence-electron chi connectivity index (χ3n) is 2.47. The van der Waals surface area contributed by atoms with E-state index in [9.17, 15) is 13.2 Å². The Morgan fingerprint density at radius 2 is 2.12 bits per heavy atom. The zero-order valence-electron chi connectivity index (χ0n) is 9.00. The van der Waals surface area contributed by atoms with Crippen molar-refractivity contribution in [3.63, 3.8) is 0 Å². The fourth-order valence-corrected chi connectivity index (χ4v) is 1.62. The summed E-state index contributed by atoms with van der Waals surface area (Å²) >= 11 is 0. The van der Waals surface area contributed by atoms with E-state index in [1.54, 1.807) is 0 Å². The molecule has 1 unspecified atom stereocenters. The molecular formula is C10H12F3N3O. The Bertz CT molecular complexity index is 360. The first kappa shape index (κ1) is 12.1. The Kier molecular flexibility index (Phi) is 3.46. The van der Waals surface area contributed by atoms with Crippen LogP contribution in [0, 0.1) is 0 Å². The van der Waals surface area contributed by atoms with Crippen LogP contribution in [-0.2, 0) is 10.9 Å². The van der Waals surface area contributed by atoms with Gasteiger partial charge in [-0.05, 0) is 25.0 Å². The Balaban J connectivity index is 1.98. The average molecular weight is 247 g/mol. The zero-order chi connectivity index (χ0) is 12.3. The van der Waals surface area contributed by atoms with Gasteiger partial charge in [-0.3, -0.25) is 0 Å². The summed E-state index contributed by atoms with van der Waals surface area (Å²) in [5.74, 6) is 0.341. The van der Waals surface area contributed by atoms with Crippen LogP contribution < -0.4 is 5.32 Å². The third-order valence-corrected chi connectivity index (χ3v) is 2.47. The summed E-state index contributed by atoms with van der Waals surface area (Å²) in [6, 6.07) is 2.29. The number of aromatic nitrogens is 2. The fraction of sp³-hybridized carbons (Fsp3) is 0.600. The van der Waals surface area contributed by atoms with Gasteiger partial charge >= 0.3 is 6.18 Å². The number of nitrogens with zero attached hydrogens (tertiary/aromatic N) is 2. The number of nitrogens with one attached hydrogen (secondary N) is 1. The molecule has 0 bridgehead atoms. The molecule has 1 aromatic rings. The molecule has 0 radical (unpaired) electrons. The van der Waals surface area contributed by atoms with Crippen molar-refractivity contribution < 1.29 is 17.9 Å². The summed E-state index contributed by atoms with van der Waals surface area (Å²) in [4.78, 5) is 0. The molecule has 4 nitrogen and oxygen atoms in total. The van der Waals surface area contributed by atoms with Crippen molar-refractivity contribution in [2.45, 2.75) is 25.1 Å². The number of ether oxygens (including phenoxy) is 1. The van der Waals surface area contributed by atoms with Crippen molar-refractivity contribution in [1.29, 1.82) is 0 Å². The van der Waals surface area contributed by atoms with Crippen LogP contribution >= 0.6 is 0 Å². The summed E-state index contributed by atoms with van der Waals surface area (Å²) in [6.45, 7) is 1.28. The molecule has 0 aliphatic carbocycles. The Morgan fingerprint density at radius 1 is 1.29 bits per heavy atom. The number of hydrogen-bond donors (Lipinski definition) is 1. The Morgan fingerprint density at radius 3 is 2.65 bits per heavy atom. The summed E-state index contributed by atoms with van der Waals surface area (Å²) in [5, 5.41) is 9.63. The maximum Gasteiger partial charge on any atom is 0.435 e. The molecule has 1 aliphatic rings. The van der Waals surface area contributed by atoms with Gasteiger partial charge in [0, 0.05) is 6.61 Å².